The molecule has 0 radical (unpaired) electrons. The minimum absolute atomic E-state index is 0.127. The van der Waals surface area contributed by atoms with Gasteiger partial charge in [-0.05, 0) is 43.9 Å². The van der Waals surface area contributed by atoms with Crippen molar-refractivity contribution in [3.05, 3.63) is 35.9 Å². The maximum atomic E-state index is 11.6. The molecule has 0 unspecified atom stereocenters. The van der Waals surface area contributed by atoms with Crippen LogP contribution in [0.25, 0.3) is 6.08 Å². The van der Waals surface area contributed by atoms with Crippen molar-refractivity contribution in [1.82, 2.24) is 5.32 Å². The molecule has 21 heavy (non-hydrogen) atoms. The number of ether oxygens (including phenoxy) is 1. The summed E-state index contributed by atoms with van der Waals surface area (Å²) < 4.78 is 4.97. The maximum Gasteiger partial charge on any atom is 0.307 e. The van der Waals surface area contributed by atoms with E-state index in [4.69, 9.17) is 4.74 Å². The third kappa shape index (κ3) is 7.56. The first-order valence-corrected chi connectivity index (χ1v) is 8.03. The monoisotopic (exact) mass is 307 g/mol. The third-order valence-electron chi connectivity index (χ3n) is 2.54. The van der Waals surface area contributed by atoms with Crippen LogP contribution in [0.3, 0.4) is 0 Å². The molecule has 5 heteroatoms. The molecule has 0 atom stereocenters. The molecule has 0 fully saturated rings. The van der Waals surface area contributed by atoms with Crippen molar-refractivity contribution in [2.24, 2.45) is 0 Å². The Morgan fingerprint density at radius 2 is 1.95 bits per heavy atom. The number of hydrogen-bond acceptors (Lipinski definition) is 4. The molecule has 114 valence electrons. The van der Waals surface area contributed by atoms with E-state index in [0.717, 1.165) is 5.56 Å². The highest BCUT2D eigenvalue weighted by molar-refractivity contribution is 7.98. The molecule has 0 spiro atoms. The Bertz CT molecular complexity index is 495. The number of rotatable bonds is 7. The zero-order valence-electron chi connectivity index (χ0n) is 12.6. The number of thioether (sulfide) groups is 1. The summed E-state index contributed by atoms with van der Waals surface area (Å²) in [6.45, 7) is 3.86. The smallest absolute Gasteiger partial charge is 0.307 e. The van der Waals surface area contributed by atoms with E-state index >= 15 is 0 Å². The highest BCUT2D eigenvalue weighted by Crippen LogP contribution is 2.15. The Labute approximate surface area is 130 Å². The van der Waals surface area contributed by atoms with Gasteiger partial charge < -0.3 is 10.1 Å². The molecule has 0 bridgehead atoms. The summed E-state index contributed by atoms with van der Waals surface area (Å²) in [4.78, 5) is 24.1. The predicted molar refractivity (Wildman–Crippen MR) is 86.1 cm³/mol. The number of esters is 1. The van der Waals surface area contributed by atoms with Crippen molar-refractivity contribution in [2.45, 2.75) is 31.3 Å². The van der Waals surface area contributed by atoms with Crippen LogP contribution in [0.1, 0.15) is 25.8 Å². The van der Waals surface area contributed by atoms with E-state index < -0.39 is 0 Å². The van der Waals surface area contributed by atoms with Crippen LogP contribution in [0, 0.1) is 0 Å². The molecule has 1 aromatic carbocycles. The van der Waals surface area contributed by atoms with Crippen LogP contribution in [-0.4, -0.2) is 30.8 Å². The van der Waals surface area contributed by atoms with Gasteiger partial charge in [0.05, 0.1) is 12.5 Å². The van der Waals surface area contributed by atoms with E-state index in [2.05, 4.69) is 5.32 Å². The third-order valence-corrected chi connectivity index (χ3v) is 3.28. The number of amides is 1. The van der Waals surface area contributed by atoms with Gasteiger partial charge in [-0.25, -0.2) is 0 Å². The molecular formula is C16H21NO3S. The number of nitrogens with one attached hydrogen (secondary N) is 1. The first kappa shape index (κ1) is 17.3. The molecule has 1 aromatic rings. The van der Waals surface area contributed by atoms with Gasteiger partial charge in [-0.2, -0.15) is 0 Å². The normalized spacial score (nSPS) is 10.9. The van der Waals surface area contributed by atoms with Gasteiger partial charge in [0.15, 0.2) is 0 Å². The van der Waals surface area contributed by atoms with Crippen molar-refractivity contribution < 1.29 is 14.3 Å². The minimum Gasteiger partial charge on any atom is -0.463 e. The van der Waals surface area contributed by atoms with Crippen LogP contribution in [0.15, 0.2) is 35.2 Å². The number of benzene rings is 1. The lowest BCUT2D eigenvalue weighted by Gasteiger charge is -2.07. The standard InChI is InChI=1S/C16H21NO3S/c1-12(2)20-16(19)10-11-17-15(18)9-6-13-4-7-14(21-3)8-5-13/h4-9,12H,10-11H2,1-3H3,(H,17,18)/b9-6+. The number of hydrogen-bond donors (Lipinski definition) is 1. The highest BCUT2D eigenvalue weighted by Gasteiger charge is 2.05. The van der Waals surface area contributed by atoms with Crippen molar-refractivity contribution >= 4 is 29.7 Å². The highest BCUT2D eigenvalue weighted by atomic mass is 32.2. The molecule has 1 N–H and O–H groups in total. The van der Waals surface area contributed by atoms with Crippen molar-refractivity contribution in [3.63, 3.8) is 0 Å². The van der Waals surface area contributed by atoms with E-state index in [1.54, 1.807) is 31.7 Å². The molecule has 0 saturated heterocycles. The molecule has 4 nitrogen and oxygen atoms in total. The van der Waals surface area contributed by atoms with Gasteiger partial charge in [0.2, 0.25) is 5.91 Å². The molecule has 0 aliphatic heterocycles. The molecule has 1 amide bonds. The molecule has 1 rings (SSSR count). The first-order chi connectivity index (χ1) is 10.0. The number of carbonyl (C=O) groups is 2. The van der Waals surface area contributed by atoms with Crippen LogP contribution < -0.4 is 5.32 Å². The van der Waals surface area contributed by atoms with Crippen LogP contribution in [0.5, 0.6) is 0 Å². The number of carbonyl (C=O) groups excluding carboxylic acids is 2. The van der Waals surface area contributed by atoms with Crippen LogP contribution in [0.4, 0.5) is 0 Å². The lowest BCUT2D eigenvalue weighted by atomic mass is 10.2. The van der Waals surface area contributed by atoms with Crippen molar-refractivity contribution in [3.8, 4) is 0 Å². The summed E-state index contributed by atoms with van der Waals surface area (Å²) in [7, 11) is 0. The van der Waals surface area contributed by atoms with Gasteiger partial charge in [0.25, 0.3) is 0 Å². The van der Waals surface area contributed by atoms with Crippen LogP contribution in [0.2, 0.25) is 0 Å². The van der Waals surface area contributed by atoms with Gasteiger partial charge in [0, 0.05) is 17.5 Å². The Morgan fingerprint density at radius 1 is 1.29 bits per heavy atom. The average molecular weight is 307 g/mol. The lowest BCUT2D eigenvalue weighted by molar-refractivity contribution is -0.147. The Morgan fingerprint density at radius 3 is 2.52 bits per heavy atom. The quantitative estimate of drug-likeness (QED) is 0.478. The Balaban J connectivity index is 2.32. The fourth-order valence-corrected chi connectivity index (χ4v) is 1.96. The van der Waals surface area contributed by atoms with Gasteiger partial charge in [0.1, 0.15) is 0 Å². The predicted octanol–water partition coefficient (Wildman–Crippen LogP) is 2.88. The average Bonchev–Trinajstić information content (AvgIpc) is 2.45. The molecule has 0 aliphatic rings. The van der Waals surface area contributed by atoms with Gasteiger partial charge in [-0.15, -0.1) is 11.8 Å². The second kappa shape index (κ2) is 9.23. The topological polar surface area (TPSA) is 55.4 Å². The fraction of sp³-hybridized carbons (Fsp3) is 0.375. The second-order valence-electron chi connectivity index (χ2n) is 4.69. The van der Waals surface area contributed by atoms with Crippen LogP contribution >= 0.6 is 11.8 Å². The molecule has 0 aliphatic carbocycles. The van der Waals surface area contributed by atoms with E-state index in [1.165, 1.54) is 11.0 Å². The van der Waals surface area contributed by atoms with Crippen molar-refractivity contribution in [1.29, 1.82) is 0 Å². The zero-order valence-corrected chi connectivity index (χ0v) is 13.4. The van der Waals surface area contributed by atoms with Crippen molar-refractivity contribution in [2.75, 3.05) is 12.8 Å². The summed E-state index contributed by atoms with van der Waals surface area (Å²) >= 11 is 1.67. The zero-order chi connectivity index (χ0) is 15.7. The summed E-state index contributed by atoms with van der Waals surface area (Å²) in [5.41, 5.74) is 0.960. The van der Waals surface area contributed by atoms with Crippen LogP contribution in [-0.2, 0) is 14.3 Å². The van der Waals surface area contributed by atoms with E-state index in [-0.39, 0.29) is 30.9 Å². The minimum atomic E-state index is -0.304. The first-order valence-electron chi connectivity index (χ1n) is 6.80. The Hall–Kier alpha value is -1.75. The summed E-state index contributed by atoms with van der Waals surface area (Å²) in [6.07, 6.45) is 5.27. The van der Waals surface area contributed by atoms with E-state index in [1.807, 2.05) is 30.5 Å². The largest absolute Gasteiger partial charge is 0.463 e. The van der Waals surface area contributed by atoms with E-state index in [9.17, 15) is 9.59 Å². The van der Waals surface area contributed by atoms with Gasteiger partial charge >= 0.3 is 5.97 Å². The second-order valence-corrected chi connectivity index (χ2v) is 5.57. The van der Waals surface area contributed by atoms with Gasteiger partial charge in [-0.1, -0.05) is 12.1 Å². The SMILES string of the molecule is CSc1ccc(/C=C/C(=O)NCCC(=O)OC(C)C)cc1. The Kier molecular flexibility index (Phi) is 7.61. The molecule has 0 heterocycles. The van der Waals surface area contributed by atoms with Gasteiger partial charge in [-0.3, -0.25) is 9.59 Å². The summed E-state index contributed by atoms with van der Waals surface area (Å²) in [5.74, 6) is -0.525. The molecular weight excluding hydrogens is 286 g/mol. The maximum absolute atomic E-state index is 11.6. The summed E-state index contributed by atoms with van der Waals surface area (Å²) in [6, 6.07) is 7.92. The fourth-order valence-electron chi connectivity index (χ4n) is 1.56. The molecule has 0 saturated carbocycles. The summed E-state index contributed by atoms with van der Waals surface area (Å²) in [5, 5.41) is 2.65. The van der Waals surface area contributed by atoms with E-state index in [0.29, 0.717) is 0 Å². The lowest BCUT2D eigenvalue weighted by Crippen LogP contribution is -2.25. The molecule has 0 aromatic heterocycles.